The van der Waals surface area contributed by atoms with Crippen LogP contribution in [-0.4, -0.2) is 37.2 Å². The van der Waals surface area contributed by atoms with Gasteiger partial charge < -0.3 is 11.1 Å². The van der Waals surface area contributed by atoms with Crippen molar-refractivity contribution in [1.82, 2.24) is 24.8 Å². The second-order valence-corrected chi connectivity index (χ2v) is 3.91. The van der Waals surface area contributed by atoms with E-state index < -0.39 is 0 Å². The van der Waals surface area contributed by atoms with Crippen LogP contribution in [0.3, 0.4) is 0 Å². The first-order valence-corrected chi connectivity index (χ1v) is 5.52. The molecular formula is C10H15N7O. The van der Waals surface area contributed by atoms with Gasteiger partial charge in [0, 0.05) is 19.8 Å². The lowest BCUT2D eigenvalue weighted by atomic mass is 10.3. The van der Waals surface area contributed by atoms with Crippen molar-refractivity contribution in [2.24, 2.45) is 12.8 Å². The lowest BCUT2D eigenvalue weighted by molar-refractivity contribution is 0.102. The normalized spacial score (nSPS) is 10.6. The maximum absolute atomic E-state index is 11.9. The van der Waals surface area contributed by atoms with Gasteiger partial charge in [-0.05, 0) is 6.92 Å². The van der Waals surface area contributed by atoms with Crippen LogP contribution in [0.5, 0.6) is 0 Å². The Bertz CT molecular complexity index is 556. The molecule has 0 aliphatic heterocycles. The molecule has 0 saturated carbocycles. The molecule has 8 nitrogen and oxygen atoms in total. The highest BCUT2D eigenvalue weighted by Crippen LogP contribution is 2.12. The molecule has 8 heteroatoms. The predicted molar refractivity (Wildman–Crippen MR) is 65.0 cm³/mol. The molecule has 0 aliphatic carbocycles. The van der Waals surface area contributed by atoms with Crippen LogP contribution in [0.4, 0.5) is 5.69 Å². The summed E-state index contributed by atoms with van der Waals surface area (Å²) in [5.74, 6) is -0.311. The number of hydrogen-bond donors (Lipinski definition) is 2. The van der Waals surface area contributed by atoms with E-state index in [0.29, 0.717) is 18.8 Å². The topological polar surface area (TPSA) is 104 Å². The van der Waals surface area contributed by atoms with Crippen molar-refractivity contribution < 1.29 is 4.79 Å². The van der Waals surface area contributed by atoms with E-state index in [1.54, 1.807) is 24.1 Å². The fourth-order valence-electron chi connectivity index (χ4n) is 1.55. The number of nitrogens with two attached hydrogens (primary N) is 1. The van der Waals surface area contributed by atoms with E-state index in [1.165, 1.54) is 4.68 Å². The van der Waals surface area contributed by atoms with Crippen molar-refractivity contribution in [3.8, 4) is 0 Å². The van der Waals surface area contributed by atoms with Crippen LogP contribution in [0.1, 0.15) is 16.2 Å². The SMILES string of the molecule is Cc1nn(C)cc1NC(=O)c1cn(CCN)nn1. The zero-order valence-corrected chi connectivity index (χ0v) is 10.3. The van der Waals surface area contributed by atoms with Crippen LogP contribution < -0.4 is 11.1 Å². The van der Waals surface area contributed by atoms with Gasteiger partial charge in [-0.1, -0.05) is 5.21 Å². The van der Waals surface area contributed by atoms with Crippen molar-refractivity contribution in [3.05, 3.63) is 23.8 Å². The summed E-state index contributed by atoms with van der Waals surface area (Å²) in [6.45, 7) is 2.80. The standard InChI is InChI=1S/C10H15N7O/c1-7-8(5-16(2)14-7)12-10(18)9-6-17(4-3-11)15-13-9/h5-6H,3-4,11H2,1-2H3,(H,12,18). The number of amides is 1. The Kier molecular flexibility index (Phi) is 3.38. The number of hydrogen-bond acceptors (Lipinski definition) is 5. The fraction of sp³-hybridized carbons (Fsp3) is 0.400. The Labute approximate surface area is 104 Å². The van der Waals surface area contributed by atoms with Crippen molar-refractivity contribution in [1.29, 1.82) is 0 Å². The highest BCUT2D eigenvalue weighted by atomic mass is 16.2. The summed E-state index contributed by atoms with van der Waals surface area (Å²) in [7, 11) is 1.79. The number of carbonyl (C=O) groups is 1. The van der Waals surface area contributed by atoms with Crippen molar-refractivity contribution in [2.45, 2.75) is 13.5 Å². The second-order valence-electron chi connectivity index (χ2n) is 3.91. The van der Waals surface area contributed by atoms with E-state index in [4.69, 9.17) is 5.73 Å². The largest absolute Gasteiger partial charge is 0.329 e. The molecule has 0 aliphatic rings. The van der Waals surface area contributed by atoms with E-state index in [1.807, 2.05) is 6.92 Å². The van der Waals surface area contributed by atoms with Gasteiger partial charge in [-0.2, -0.15) is 5.10 Å². The summed E-state index contributed by atoms with van der Waals surface area (Å²) >= 11 is 0. The third kappa shape index (κ3) is 2.54. The first-order chi connectivity index (χ1) is 8.60. The minimum atomic E-state index is -0.311. The highest BCUT2D eigenvalue weighted by molar-refractivity contribution is 6.02. The summed E-state index contributed by atoms with van der Waals surface area (Å²) in [5, 5.41) is 14.5. The molecule has 2 heterocycles. The highest BCUT2D eigenvalue weighted by Gasteiger charge is 2.13. The maximum atomic E-state index is 11.9. The van der Waals surface area contributed by atoms with E-state index in [2.05, 4.69) is 20.7 Å². The zero-order valence-electron chi connectivity index (χ0n) is 10.3. The molecule has 0 radical (unpaired) electrons. The summed E-state index contributed by atoms with van der Waals surface area (Å²) < 4.78 is 3.17. The third-order valence-corrected chi connectivity index (χ3v) is 2.39. The molecule has 3 N–H and O–H groups in total. The van der Waals surface area contributed by atoms with E-state index >= 15 is 0 Å². The summed E-state index contributed by atoms with van der Waals surface area (Å²) in [6.07, 6.45) is 3.30. The van der Waals surface area contributed by atoms with Gasteiger partial charge >= 0.3 is 0 Å². The lowest BCUT2D eigenvalue weighted by Crippen LogP contribution is -2.13. The summed E-state index contributed by atoms with van der Waals surface area (Å²) in [5.41, 5.74) is 7.06. The molecule has 2 rings (SSSR count). The molecule has 0 bridgehead atoms. The number of nitrogens with one attached hydrogen (secondary N) is 1. The molecule has 0 unspecified atom stereocenters. The number of carbonyl (C=O) groups excluding carboxylic acids is 1. The van der Waals surface area contributed by atoms with Gasteiger partial charge in [-0.3, -0.25) is 14.2 Å². The Morgan fingerprint density at radius 3 is 2.89 bits per heavy atom. The molecule has 2 aromatic rings. The van der Waals surface area contributed by atoms with Gasteiger partial charge in [0.15, 0.2) is 5.69 Å². The molecule has 0 aromatic carbocycles. The Morgan fingerprint density at radius 2 is 2.28 bits per heavy atom. The van der Waals surface area contributed by atoms with Gasteiger partial charge in [-0.15, -0.1) is 5.10 Å². The molecule has 2 aromatic heterocycles. The first-order valence-electron chi connectivity index (χ1n) is 5.52. The van der Waals surface area contributed by atoms with E-state index in [-0.39, 0.29) is 11.6 Å². The minimum absolute atomic E-state index is 0.256. The number of aromatic nitrogens is 5. The first kappa shape index (κ1) is 12.2. The average molecular weight is 249 g/mol. The van der Waals surface area contributed by atoms with Crippen LogP contribution in [0.2, 0.25) is 0 Å². The van der Waals surface area contributed by atoms with Crippen LogP contribution in [0, 0.1) is 6.92 Å². The molecular weight excluding hydrogens is 234 g/mol. The van der Waals surface area contributed by atoms with Crippen molar-refractivity contribution >= 4 is 11.6 Å². The molecule has 0 atom stereocenters. The summed E-state index contributed by atoms with van der Waals surface area (Å²) in [6, 6.07) is 0. The van der Waals surface area contributed by atoms with Gasteiger partial charge in [0.1, 0.15) is 0 Å². The van der Waals surface area contributed by atoms with Gasteiger partial charge in [0.2, 0.25) is 0 Å². The van der Waals surface area contributed by atoms with E-state index in [0.717, 1.165) is 5.69 Å². The number of nitrogens with zero attached hydrogens (tertiary/aromatic N) is 5. The van der Waals surface area contributed by atoms with Crippen molar-refractivity contribution in [3.63, 3.8) is 0 Å². The predicted octanol–water partition coefficient (Wildman–Crippen LogP) is -0.469. The Morgan fingerprint density at radius 1 is 1.50 bits per heavy atom. The van der Waals surface area contributed by atoms with Gasteiger partial charge in [-0.25, -0.2) is 0 Å². The smallest absolute Gasteiger partial charge is 0.277 e. The molecule has 0 spiro atoms. The molecule has 0 fully saturated rings. The molecule has 96 valence electrons. The van der Waals surface area contributed by atoms with Gasteiger partial charge in [0.05, 0.1) is 24.1 Å². The average Bonchev–Trinajstić information content (AvgIpc) is 2.87. The second kappa shape index (κ2) is 4.96. The number of anilines is 1. The minimum Gasteiger partial charge on any atom is -0.329 e. The maximum Gasteiger partial charge on any atom is 0.277 e. The van der Waals surface area contributed by atoms with Crippen LogP contribution in [-0.2, 0) is 13.6 Å². The Hall–Kier alpha value is -2.22. The van der Waals surface area contributed by atoms with Crippen molar-refractivity contribution in [2.75, 3.05) is 11.9 Å². The van der Waals surface area contributed by atoms with E-state index in [9.17, 15) is 4.79 Å². The lowest BCUT2D eigenvalue weighted by Gasteiger charge is -1.99. The number of aryl methyl sites for hydroxylation is 2. The quantitative estimate of drug-likeness (QED) is 0.762. The zero-order chi connectivity index (χ0) is 13.1. The van der Waals surface area contributed by atoms with Gasteiger partial charge in [0.25, 0.3) is 5.91 Å². The van der Waals surface area contributed by atoms with Crippen LogP contribution >= 0.6 is 0 Å². The van der Waals surface area contributed by atoms with Crippen LogP contribution in [0.25, 0.3) is 0 Å². The molecule has 18 heavy (non-hydrogen) atoms. The number of rotatable bonds is 4. The molecule has 0 saturated heterocycles. The monoisotopic (exact) mass is 249 g/mol. The molecule has 1 amide bonds. The fourth-order valence-corrected chi connectivity index (χ4v) is 1.55. The van der Waals surface area contributed by atoms with Crippen LogP contribution in [0.15, 0.2) is 12.4 Å². The summed E-state index contributed by atoms with van der Waals surface area (Å²) in [4.78, 5) is 11.9. The Balaban J connectivity index is 2.09. The third-order valence-electron chi connectivity index (χ3n) is 2.39.